The Hall–Kier alpha value is -2.48. The number of aromatic nitrogens is 2. The summed E-state index contributed by atoms with van der Waals surface area (Å²) >= 11 is 8.08. The van der Waals surface area contributed by atoms with Crippen LogP contribution in [0.5, 0.6) is 0 Å². The molecule has 0 radical (unpaired) electrons. The van der Waals surface area contributed by atoms with Crippen molar-refractivity contribution in [2.24, 2.45) is 0 Å². The summed E-state index contributed by atoms with van der Waals surface area (Å²) in [5.74, 6) is 2.79. The van der Waals surface area contributed by atoms with Gasteiger partial charge in [-0.3, -0.25) is 0 Å². The number of anilines is 3. The lowest BCUT2D eigenvalue weighted by Crippen LogP contribution is -2.12. The maximum absolute atomic E-state index is 6.26. The second kappa shape index (κ2) is 11.8. The maximum Gasteiger partial charge on any atom is 0.222 e. The molecule has 3 rings (SSSR count). The van der Waals surface area contributed by atoms with Gasteiger partial charge in [0.1, 0.15) is 5.82 Å². The fourth-order valence-electron chi connectivity index (χ4n) is 3.06. The highest BCUT2D eigenvalue weighted by Gasteiger charge is 2.09. The highest BCUT2D eigenvalue weighted by atomic mass is 35.5. The zero-order valence-corrected chi connectivity index (χ0v) is 19.5. The van der Waals surface area contributed by atoms with E-state index in [1.165, 1.54) is 5.56 Å². The topological polar surface area (TPSA) is 87.9 Å². The van der Waals surface area contributed by atoms with Crippen LogP contribution in [0.1, 0.15) is 18.1 Å². The van der Waals surface area contributed by atoms with Crippen molar-refractivity contribution in [2.45, 2.75) is 20.3 Å². The van der Waals surface area contributed by atoms with Crippen molar-refractivity contribution in [3.63, 3.8) is 0 Å². The molecule has 3 aromatic rings. The zero-order valence-electron chi connectivity index (χ0n) is 17.9. The molecule has 0 amide bonds. The van der Waals surface area contributed by atoms with Gasteiger partial charge in [0.2, 0.25) is 5.95 Å². The molecule has 0 aliphatic carbocycles. The smallest absolute Gasteiger partial charge is 0.222 e. The van der Waals surface area contributed by atoms with Crippen LogP contribution in [0.4, 0.5) is 17.5 Å². The standard InChI is InChI=1S/C23H29ClN6S/c1-3-26-14-31-15-28-18-9-7-17(8-10-18)11-12-27-22-13-21(29-23(25)30-22)19-5-4-6-20(24)16(19)2/h4-10,13,26,28H,3,11-12,14-15H2,1-2H3,(H3,25,27,29,30). The average molecular weight is 457 g/mol. The molecular weight excluding hydrogens is 428 g/mol. The Kier molecular flexibility index (Phi) is 8.82. The van der Waals surface area contributed by atoms with E-state index >= 15 is 0 Å². The summed E-state index contributed by atoms with van der Waals surface area (Å²) in [6.45, 7) is 5.83. The maximum atomic E-state index is 6.26. The molecule has 6 nitrogen and oxygen atoms in total. The van der Waals surface area contributed by atoms with E-state index < -0.39 is 0 Å². The third-order valence-corrected chi connectivity index (χ3v) is 5.96. The van der Waals surface area contributed by atoms with Crippen LogP contribution in [0, 0.1) is 6.92 Å². The van der Waals surface area contributed by atoms with Crippen LogP contribution in [0.3, 0.4) is 0 Å². The lowest BCUT2D eigenvalue weighted by molar-refractivity contribution is 0.840. The molecule has 31 heavy (non-hydrogen) atoms. The van der Waals surface area contributed by atoms with Crippen molar-refractivity contribution >= 4 is 40.8 Å². The molecule has 0 atom stereocenters. The van der Waals surface area contributed by atoms with Crippen LogP contribution >= 0.6 is 23.4 Å². The number of nitrogens with one attached hydrogen (secondary N) is 3. The summed E-state index contributed by atoms with van der Waals surface area (Å²) < 4.78 is 0. The van der Waals surface area contributed by atoms with Crippen LogP contribution in [0.2, 0.25) is 5.02 Å². The fourth-order valence-corrected chi connectivity index (χ4v) is 3.96. The molecule has 0 saturated heterocycles. The molecule has 1 heterocycles. The van der Waals surface area contributed by atoms with Crippen molar-refractivity contribution in [1.82, 2.24) is 15.3 Å². The quantitative estimate of drug-likeness (QED) is 0.238. The van der Waals surface area contributed by atoms with Gasteiger partial charge in [-0.1, -0.05) is 42.8 Å². The summed E-state index contributed by atoms with van der Waals surface area (Å²) in [5, 5.41) is 10.8. The molecule has 0 fully saturated rings. The van der Waals surface area contributed by atoms with Gasteiger partial charge in [0.05, 0.1) is 11.6 Å². The van der Waals surface area contributed by atoms with E-state index in [9.17, 15) is 0 Å². The van der Waals surface area contributed by atoms with Crippen molar-refractivity contribution in [3.05, 3.63) is 64.7 Å². The van der Waals surface area contributed by atoms with Gasteiger partial charge in [-0.05, 0) is 49.2 Å². The number of hydrogen-bond donors (Lipinski definition) is 4. The van der Waals surface area contributed by atoms with Gasteiger partial charge in [-0.15, -0.1) is 11.8 Å². The van der Waals surface area contributed by atoms with E-state index in [0.717, 1.165) is 53.8 Å². The lowest BCUT2D eigenvalue weighted by atomic mass is 10.1. The summed E-state index contributed by atoms with van der Waals surface area (Å²) in [6, 6.07) is 16.2. The van der Waals surface area contributed by atoms with Gasteiger partial charge in [0.15, 0.2) is 0 Å². The Bertz CT molecular complexity index is 980. The third kappa shape index (κ3) is 7.02. The number of thioether (sulfide) groups is 1. The average Bonchev–Trinajstić information content (AvgIpc) is 2.76. The molecule has 0 aliphatic rings. The number of halogens is 1. The van der Waals surface area contributed by atoms with E-state index in [1.807, 2.05) is 43.0 Å². The second-order valence-electron chi connectivity index (χ2n) is 7.06. The first-order chi connectivity index (χ1) is 15.1. The highest BCUT2D eigenvalue weighted by molar-refractivity contribution is 7.99. The number of rotatable bonds is 11. The van der Waals surface area contributed by atoms with Gasteiger partial charge < -0.3 is 21.7 Å². The molecule has 164 valence electrons. The molecule has 2 aromatic carbocycles. The van der Waals surface area contributed by atoms with Crippen LogP contribution in [-0.2, 0) is 6.42 Å². The first-order valence-electron chi connectivity index (χ1n) is 10.3. The second-order valence-corrected chi connectivity index (χ2v) is 8.45. The number of hydrogen-bond acceptors (Lipinski definition) is 7. The number of nitrogen functional groups attached to an aromatic ring is 1. The van der Waals surface area contributed by atoms with E-state index in [4.69, 9.17) is 17.3 Å². The first kappa shape index (κ1) is 23.2. The Labute approximate surface area is 193 Å². The number of nitrogens with zero attached hydrogens (tertiary/aromatic N) is 2. The van der Waals surface area contributed by atoms with E-state index in [2.05, 4.69) is 57.1 Å². The molecule has 0 aliphatic heterocycles. The minimum Gasteiger partial charge on any atom is -0.376 e. The molecule has 0 bridgehead atoms. The molecule has 1 aromatic heterocycles. The molecule has 8 heteroatoms. The van der Waals surface area contributed by atoms with Gasteiger partial charge in [0.25, 0.3) is 0 Å². The van der Waals surface area contributed by atoms with Crippen molar-refractivity contribution in [2.75, 3.05) is 41.2 Å². The zero-order chi connectivity index (χ0) is 22.1. The van der Waals surface area contributed by atoms with Crippen LogP contribution in [-0.4, -0.2) is 34.8 Å². The van der Waals surface area contributed by atoms with E-state index in [-0.39, 0.29) is 5.95 Å². The summed E-state index contributed by atoms with van der Waals surface area (Å²) in [6.07, 6.45) is 0.880. The Morgan fingerprint density at radius 2 is 1.84 bits per heavy atom. The van der Waals surface area contributed by atoms with Gasteiger partial charge in [-0.2, -0.15) is 4.98 Å². The monoisotopic (exact) mass is 456 g/mol. The van der Waals surface area contributed by atoms with Gasteiger partial charge >= 0.3 is 0 Å². The van der Waals surface area contributed by atoms with Crippen molar-refractivity contribution in [3.8, 4) is 11.3 Å². The summed E-state index contributed by atoms with van der Waals surface area (Å²) in [7, 11) is 0. The largest absolute Gasteiger partial charge is 0.376 e. The molecule has 0 unspecified atom stereocenters. The normalized spacial score (nSPS) is 10.8. The Morgan fingerprint density at radius 3 is 2.61 bits per heavy atom. The van der Waals surface area contributed by atoms with Crippen molar-refractivity contribution in [1.29, 1.82) is 0 Å². The summed E-state index contributed by atoms with van der Waals surface area (Å²) in [5.41, 5.74) is 11.0. The first-order valence-corrected chi connectivity index (χ1v) is 11.8. The van der Waals surface area contributed by atoms with Gasteiger partial charge in [-0.25, -0.2) is 4.98 Å². The predicted molar refractivity (Wildman–Crippen MR) is 135 cm³/mol. The van der Waals surface area contributed by atoms with Gasteiger partial charge in [0, 0.05) is 34.8 Å². The molecule has 0 spiro atoms. The lowest BCUT2D eigenvalue weighted by Gasteiger charge is -2.11. The third-order valence-electron chi connectivity index (χ3n) is 4.79. The van der Waals surface area contributed by atoms with Crippen LogP contribution in [0.15, 0.2) is 48.5 Å². The minimum atomic E-state index is 0.238. The molecular formula is C23H29ClN6S. The highest BCUT2D eigenvalue weighted by Crippen LogP contribution is 2.28. The SMILES string of the molecule is CCNCSCNc1ccc(CCNc2cc(-c3cccc(Cl)c3C)nc(N)n2)cc1. The predicted octanol–water partition coefficient (Wildman–Crippen LogP) is 5.01. The molecule has 5 N–H and O–H groups in total. The van der Waals surface area contributed by atoms with E-state index in [1.54, 1.807) is 0 Å². The van der Waals surface area contributed by atoms with Crippen molar-refractivity contribution < 1.29 is 0 Å². The number of nitrogens with two attached hydrogens (primary N) is 1. The Balaban J connectivity index is 1.53. The Morgan fingerprint density at radius 1 is 1.03 bits per heavy atom. The molecule has 0 saturated carbocycles. The van der Waals surface area contributed by atoms with E-state index in [0.29, 0.717) is 10.8 Å². The van der Waals surface area contributed by atoms with Crippen LogP contribution < -0.4 is 21.7 Å². The number of benzene rings is 2. The fraction of sp³-hybridized carbons (Fsp3) is 0.304. The van der Waals surface area contributed by atoms with Crippen LogP contribution in [0.25, 0.3) is 11.3 Å². The minimum absolute atomic E-state index is 0.238. The summed E-state index contributed by atoms with van der Waals surface area (Å²) in [4.78, 5) is 8.70.